The van der Waals surface area contributed by atoms with Crippen LogP contribution in [0.1, 0.15) is 0 Å². The molecule has 0 amide bonds. The van der Waals surface area contributed by atoms with E-state index >= 15 is 0 Å². The maximum absolute atomic E-state index is 11.3. The van der Waals surface area contributed by atoms with Crippen LogP contribution in [0.4, 0.5) is 5.69 Å². The molecule has 2 aromatic rings. The first-order chi connectivity index (χ1) is 7.50. The molecule has 0 unspecified atom stereocenters. The Morgan fingerprint density at radius 1 is 1.38 bits per heavy atom. The molecule has 0 bridgehead atoms. The molecule has 82 valence electrons. The van der Waals surface area contributed by atoms with Gasteiger partial charge in [-0.05, 0) is 6.07 Å². The quantitative estimate of drug-likeness (QED) is 0.514. The zero-order valence-corrected chi connectivity index (χ0v) is 8.17. The second-order valence-electron chi connectivity index (χ2n) is 3.17. The molecule has 0 spiro atoms. The first-order valence-corrected chi connectivity index (χ1v) is 4.29. The maximum atomic E-state index is 11.3. The number of rotatable bonds is 1. The Morgan fingerprint density at radius 2 is 2.06 bits per heavy atom. The van der Waals surface area contributed by atoms with Gasteiger partial charge in [-0.25, -0.2) is 9.59 Å². The average molecular weight is 222 g/mol. The highest BCUT2D eigenvalue weighted by molar-refractivity contribution is 5.79. The van der Waals surface area contributed by atoms with Crippen LogP contribution in [0.15, 0.2) is 32.2 Å². The highest BCUT2D eigenvalue weighted by atomic mass is 16.6. The summed E-state index contributed by atoms with van der Waals surface area (Å²) in [5.41, 5.74) is -0.809. The van der Waals surface area contributed by atoms with Crippen LogP contribution in [0.3, 0.4) is 0 Å². The summed E-state index contributed by atoms with van der Waals surface area (Å²) in [6.45, 7) is 0. The highest BCUT2D eigenvalue weighted by Crippen LogP contribution is 2.16. The number of benzene rings is 1. The standard InChI is InChI=1S/C9H6N2O5/c1-10-7-4-5(11(14)15)2-3-6(7)8(12)16-9(10)13/h2-4H,1H3. The monoisotopic (exact) mass is 222 g/mol. The number of nitro benzene ring substituents is 1. The normalized spacial score (nSPS) is 10.6. The zero-order chi connectivity index (χ0) is 11.9. The van der Waals surface area contributed by atoms with Crippen molar-refractivity contribution >= 4 is 16.6 Å². The second kappa shape index (κ2) is 3.30. The minimum absolute atomic E-state index is 0.132. The van der Waals surface area contributed by atoms with Gasteiger partial charge < -0.3 is 4.42 Å². The number of aryl methyl sites for hydroxylation is 1. The molecule has 16 heavy (non-hydrogen) atoms. The number of aromatic nitrogens is 1. The van der Waals surface area contributed by atoms with Crippen molar-refractivity contribution in [2.24, 2.45) is 7.05 Å². The van der Waals surface area contributed by atoms with Gasteiger partial charge in [0.25, 0.3) is 5.69 Å². The van der Waals surface area contributed by atoms with Crippen molar-refractivity contribution in [3.05, 3.63) is 49.3 Å². The molecule has 0 saturated carbocycles. The topological polar surface area (TPSA) is 95.3 Å². The number of nitrogens with zero attached hydrogens (tertiary/aromatic N) is 2. The first-order valence-electron chi connectivity index (χ1n) is 4.29. The molecular formula is C9H6N2O5. The summed E-state index contributed by atoms with van der Waals surface area (Å²) in [6.07, 6.45) is 0. The average Bonchev–Trinajstić information content (AvgIpc) is 2.25. The SMILES string of the molecule is Cn1c(=O)oc(=O)c2ccc([N+](=O)[O-])cc21. The molecule has 0 radical (unpaired) electrons. The molecule has 0 N–H and O–H groups in total. The zero-order valence-electron chi connectivity index (χ0n) is 8.17. The summed E-state index contributed by atoms with van der Waals surface area (Å²) in [7, 11) is 1.37. The molecule has 1 aromatic heterocycles. The van der Waals surface area contributed by atoms with Crippen LogP contribution in [0, 0.1) is 10.1 Å². The van der Waals surface area contributed by atoms with Gasteiger partial charge in [0.15, 0.2) is 0 Å². The lowest BCUT2D eigenvalue weighted by molar-refractivity contribution is -0.384. The lowest BCUT2D eigenvalue weighted by Gasteiger charge is -2.01. The van der Waals surface area contributed by atoms with Crippen LogP contribution in [0.2, 0.25) is 0 Å². The van der Waals surface area contributed by atoms with E-state index in [9.17, 15) is 19.7 Å². The van der Waals surface area contributed by atoms with Gasteiger partial charge in [-0.1, -0.05) is 0 Å². The van der Waals surface area contributed by atoms with Crippen molar-refractivity contribution in [1.82, 2.24) is 4.57 Å². The predicted octanol–water partition coefficient (Wildman–Crippen LogP) is 0.400. The number of non-ortho nitro benzene ring substituents is 1. The molecule has 0 aliphatic heterocycles. The maximum Gasteiger partial charge on any atom is 0.422 e. The van der Waals surface area contributed by atoms with E-state index in [1.807, 2.05) is 0 Å². The Balaban J connectivity index is 2.97. The smallest absolute Gasteiger partial charge is 0.372 e. The Morgan fingerprint density at radius 3 is 2.69 bits per heavy atom. The molecule has 0 fully saturated rings. The van der Waals surface area contributed by atoms with E-state index in [0.29, 0.717) is 0 Å². The van der Waals surface area contributed by atoms with Crippen LogP contribution in [0.25, 0.3) is 10.9 Å². The lowest BCUT2D eigenvalue weighted by Crippen LogP contribution is -2.22. The third-order valence-corrected chi connectivity index (χ3v) is 2.23. The van der Waals surface area contributed by atoms with Crippen molar-refractivity contribution in [2.45, 2.75) is 0 Å². The fraction of sp³-hybridized carbons (Fsp3) is 0.111. The fourth-order valence-electron chi connectivity index (χ4n) is 1.38. The number of fused-ring (bicyclic) bond motifs is 1. The second-order valence-corrected chi connectivity index (χ2v) is 3.17. The van der Waals surface area contributed by atoms with E-state index in [-0.39, 0.29) is 16.6 Å². The lowest BCUT2D eigenvalue weighted by atomic mass is 10.2. The van der Waals surface area contributed by atoms with Crippen LogP contribution in [-0.4, -0.2) is 9.49 Å². The van der Waals surface area contributed by atoms with Gasteiger partial charge >= 0.3 is 11.4 Å². The molecule has 0 atom stereocenters. The van der Waals surface area contributed by atoms with Gasteiger partial charge in [0.05, 0.1) is 15.8 Å². The summed E-state index contributed by atoms with van der Waals surface area (Å²) in [5, 5.41) is 10.7. The molecular weight excluding hydrogens is 216 g/mol. The molecule has 7 nitrogen and oxygen atoms in total. The molecule has 1 aromatic carbocycles. The third kappa shape index (κ3) is 1.38. The minimum atomic E-state index is -0.849. The van der Waals surface area contributed by atoms with Crippen molar-refractivity contribution < 1.29 is 9.34 Å². The first kappa shape index (κ1) is 10.1. The Labute approximate surface area is 87.7 Å². The largest absolute Gasteiger partial charge is 0.422 e. The van der Waals surface area contributed by atoms with Crippen LogP contribution < -0.4 is 11.4 Å². The van der Waals surface area contributed by atoms with Crippen LogP contribution in [-0.2, 0) is 7.05 Å². The minimum Gasteiger partial charge on any atom is -0.372 e. The number of nitro groups is 1. The summed E-state index contributed by atoms with van der Waals surface area (Å²) >= 11 is 0. The van der Waals surface area contributed by atoms with Gasteiger partial charge in [0.2, 0.25) is 0 Å². The van der Waals surface area contributed by atoms with Crippen molar-refractivity contribution in [3.8, 4) is 0 Å². The summed E-state index contributed by atoms with van der Waals surface area (Å²) in [4.78, 5) is 32.4. The molecule has 1 heterocycles. The van der Waals surface area contributed by atoms with Gasteiger partial charge in [-0.2, -0.15) is 0 Å². The van der Waals surface area contributed by atoms with Crippen molar-refractivity contribution in [3.63, 3.8) is 0 Å². The molecule has 0 saturated heterocycles. The van der Waals surface area contributed by atoms with Crippen LogP contribution in [0.5, 0.6) is 0 Å². The number of hydrogen-bond acceptors (Lipinski definition) is 5. The van der Waals surface area contributed by atoms with Gasteiger partial charge in [-0.3, -0.25) is 14.7 Å². The van der Waals surface area contributed by atoms with E-state index in [1.165, 1.54) is 19.2 Å². The van der Waals surface area contributed by atoms with E-state index in [2.05, 4.69) is 4.42 Å². The predicted molar refractivity (Wildman–Crippen MR) is 54.4 cm³/mol. The summed E-state index contributed by atoms with van der Waals surface area (Å²) in [6, 6.07) is 3.61. The molecule has 7 heteroatoms. The highest BCUT2D eigenvalue weighted by Gasteiger charge is 2.11. The number of hydrogen-bond donors (Lipinski definition) is 0. The Kier molecular flexibility index (Phi) is 2.08. The summed E-state index contributed by atoms with van der Waals surface area (Å²) < 4.78 is 5.45. The fourth-order valence-corrected chi connectivity index (χ4v) is 1.38. The molecule has 2 rings (SSSR count). The Bertz CT molecular complexity index is 697. The summed E-state index contributed by atoms with van der Waals surface area (Å²) in [5.74, 6) is -0.849. The van der Waals surface area contributed by atoms with E-state index in [1.54, 1.807) is 0 Å². The van der Waals surface area contributed by atoms with E-state index in [4.69, 9.17) is 0 Å². The molecule has 0 aliphatic rings. The van der Waals surface area contributed by atoms with Crippen molar-refractivity contribution in [1.29, 1.82) is 0 Å². The Hall–Kier alpha value is -2.44. The van der Waals surface area contributed by atoms with E-state index in [0.717, 1.165) is 10.6 Å². The van der Waals surface area contributed by atoms with Gasteiger partial charge in [-0.15, -0.1) is 0 Å². The van der Waals surface area contributed by atoms with Gasteiger partial charge in [0, 0.05) is 19.2 Å². The molecule has 0 aliphatic carbocycles. The van der Waals surface area contributed by atoms with Crippen molar-refractivity contribution in [2.75, 3.05) is 0 Å². The van der Waals surface area contributed by atoms with E-state index < -0.39 is 16.3 Å². The third-order valence-electron chi connectivity index (χ3n) is 2.23. The van der Waals surface area contributed by atoms with Gasteiger partial charge in [0.1, 0.15) is 0 Å². The van der Waals surface area contributed by atoms with Crippen LogP contribution >= 0.6 is 0 Å².